The Hall–Kier alpha value is -2.41. The lowest BCUT2D eigenvalue weighted by Crippen LogP contribution is -2.36. The maximum absolute atomic E-state index is 12.8. The molecule has 0 aliphatic carbocycles. The fraction of sp³-hybridized carbons (Fsp3) is 0.526. The van der Waals surface area contributed by atoms with Gasteiger partial charge in [-0.3, -0.25) is 24.5 Å². The van der Waals surface area contributed by atoms with Crippen LogP contribution in [0, 0.1) is 11.8 Å². The van der Waals surface area contributed by atoms with Crippen LogP contribution in [0.1, 0.15) is 43.5 Å². The van der Waals surface area contributed by atoms with Crippen molar-refractivity contribution in [3.05, 3.63) is 29.8 Å². The van der Waals surface area contributed by atoms with Gasteiger partial charge in [0.15, 0.2) is 0 Å². The molecule has 0 spiro atoms. The second kappa shape index (κ2) is 9.33. The van der Waals surface area contributed by atoms with Crippen molar-refractivity contribution in [3.63, 3.8) is 0 Å². The van der Waals surface area contributed by atoms with Gasteiger partial charge in [0.05, 0.1) is 19.1 Å². The number of imide groups is 1. The molecule has 0 bridgehead atoms. The second-order valence-corrected chi connectivity index (χ2v) is 6.45. The lowest BCUT2D eigenvalue weighted by atomic mass is 9.90. The Labute approximate surface area is 153 Å². The summed E-state index contributed by atoms with van der Waals surface area (Å²) in [7, 11) is 0. The second-order valence-electron chi connectivity index (χ2n) is 6.45. The molecule has 1 aliphatic rings. The molecule has 1 aromatic carbocycles. The average Bonchev–Trinajstić information content (AvgIpc) is 2.96. The van der Waals surface area contributed by atoms with E-state index in [0.29, 0.717) is 29.5 Å². The molecule has 1 N–H and O–H groups in total. The number of rotatable bonds is 9. The quantitative estimate of drug-likeness (QED) is 0.315. The van der Waals surface area contributed by atoms with E-state index in [1.165, 1.54) is 4.90 Å². The van der Waals surface area contributed by atoms with E-state index < -0.39 is 5.92 Å². The van der Waals surface area contributed by atoms with Crippen molar-refractivity contribution < 1.29 is 24.3 Å². The molecule has 26 heavy (non-hydrogen) atoms. The highest BCUT2D eigenvalue weighted by molar-refractivity contribution is 6.06. The molecule has 7 heteroatoms. The predicted molar refractivity (Wildman–Crippen MR) is 94.7 cm³/mol. The van der Waals surface area contributed by atoms with Gasteiger partial charge in [0, 0.05) is 12.1 Å². The molecule has 3 amide bonds. The highest BCUT2D eigenvalue weighted by Crippen LogP contribution is 2.31. The minimum Gasteiger partial charge on any atom is -0.494 e. The first-order valence-electron chi connectivity index (χ1n) is 9.01. The molecule has 0 aromatic heterocycles. The molecule has 2 unspecified atom stereocenters. The highest BCUT2D eigenvalue weighted by atomic mass is 16.5. The minimum atomic E-state index is -0.566. The molecule has 0 radical (unpaired) electrons. The third-order valence-corrected chi connectivity index (χ3v) is 4.66. The fourth-order valence-electron chi connectivity index (χ4n) is 3.28. The normalized spacial score (nSPS) is 19.5. The Kier molecular flexibility index (Phi) is 7.15. The van der Waals surface area contributed by atoms with Crippen LogP contribution in [0.4, 0.5) is 0 Å². The molecule has 2 rings (SSSR count). The molecule has 0 saturated carbocycles. The first kappa shape index (κ1) is 19.9. The van der Waals surface area contributed by atoms with Gasteiger partial charge in [-0.05, 0) is 43.5 Å². The summed E-state index contributed by atoms with van der Waals surface area (Å²) < 4.78 is 5.36. The number of hydroxylamine groups is 2. The first-order valence-corrected chi connectivity index (χ1v) is 9.01. The van der Waals surface area contributed by atoms with E-state index in [2.05, 4.69) is 6.92 Å². The van der Waals surface area contributed by atoms with Crippen LogP contribution in [0.5, 0.6) is 5.75 Å². The average molecular weight is 362 g/mol. The van der Waals surface area contributed by atoms with Crippen LogP contribution in [0.2, 0.25) is 0 Å². The van der Waals surface area contributed by atoms with Gasteiger partial charge in [0.1, 0.15) is 5.75 Å². The Morgan fingerprint density at radius 3 is 2.62 bits per heavy atom. The van der Waals surface area contributed by atoms with Gasteiger partial charge in [0.2, 0.25) is 12.3 Å². The fourth-order valence-corrected chi connectivity index (χ4v) is 3.28. The summed E-state index contributed by atoms with van der Waals surface area (Å²) >= 11 is 0. The Morgan fingerprint density at radius 1 is 1.35 bits per heavy atom. The Balaban J connectivity index is 2.15. The summed E-state index contributed by atoms with van der Waals surface area (Å²) in [6, 6.07) is 6.67. The lowest BCUT2D eigenvalue weighted by molar-refractivity contribution is -0.155. The number of carbonyl (C=O) groups is 3. The maximum atomic E-state index is 12.8. The zero-order valence-electron chi connectivity index (χ0n) is 15.3. The van der Waals surface area contributed by atoms with Gasteiger partial charge in [0.25, 0.3) is 5.91 Å². The summed E-state index contributed by atoms with van der Waals surface area (Å²) in [5, 5.41) is 9.98. The van der Waals surface area contributed by atoms with Crippen molar-refractivity contribution in [3.8, 4) is 5.75 Å². The summed E-state index contributed by atoms with van der Waals surface area (Å²) in [5.41, 5.74) is 0.410. The van der Waals surface area contributed by atoms with Gasteiger partial charge < -0.3 is 4.74 Å². The van der Waals surface area contributed by atoms with Gasteiger partial charge in [-0.25, -0.2) is 5.06 Å². The first-order chi connectivity index (χ1) is 12.5. The van der Waals surface area contributed by atoms with Crippen LogP contribution in [0.15, 0.2) is 24.3 Å². The Bertz CT molecular complexity index is 631. The number of likely N-dealkylation sites (tertiary alicyclic amines) is 1. The van der Waals surface area contributed by atoms with Crippen molar-refractivity contribution in [2.75, 3.05) is 19.7 Å². The van der Waals surface area contributed by atoms with E-state index in [1.54, 1.807) is 24.3 Å². The van der Waals surface area contributed by atoms with Gasteiger partial charge in [-0.1, -0.05) is 19.8 Å². The van der Waals surface area contributed by atoms with E-state index >= 15 is 0 Å². The number of nitrogens with zero attached hydrogens (tertiary/aromatic N) is 2. The molecule has 1 heterocycles. The molecule has 142 valence electrons. The molecular weight excluding hydrogens is 336 g/mol. The summed E-state index contributed by atoms with van der Waals surface area (Å²) in [6.07, 6.45) is 2.95. The summed E-state index contributed by atoms with van der Waals surface area (Å²) in [6.45, 7) is 4.68. The van der Waals surface area contributed by atoms with E-state index in [0.717, 1.165) is 19.3 Å². The summed E-state index contributed by atoms with van der Waals surface area (Å²) in [5.74, 6) is -0.673. The molecular formula is C19H26N2O5. The van der Waals surface area contributed by atoms with Crippen molar-refractivity contribution in [1.29, 1.82) is 0 Å². The number of benzene rings is 1. The minimum absolute atomic E-state index is 0.0660. The van der Waals surface area contributed by atoms with Gasteiger partial charge >= 0.3 is 0 Å². The largest absolute Gasteiger partial charge is 0.494 e. The lowest BCUT2D eigenvalue weighted by Gasteiger charge is -2.18. The predicted octanol–water partition coefficient (Wildman–Crippen LogP) is 2.34. The molecule has 7 nitrogen and oxygen atoms in total. The molecule has 1 aromatic rings. The number of ether oxygens (including phenoxy) is 1. The van der Waals surface area contributed by atoms with Crippen molar-refractivity contribution in [2.24, 2.45) is 11.8 Å². The SMILES string of the molecule is CCCCC1CN(C(=O)c2ccc(OCC)cc2)C(=O)C1CN(O)C=O. The van der Waals surface area contributed by atoms with Crippen molar-refractivity contribution in [2.45, 2.75) is 33.1 Å². The van der Waals surface area contributed by atoms with E-state index in [9.17, 15) is 19.6 Å². The van der Waals surface area contributed by atoms with Crippen molar-refractivity contribution >= 4 is 18.2 Å². The van der Waals surface area contributed by atoms with E-state index in [1.807, 2.05) is 6.92 Å². The van der Waals surface area contributed by atoms with Crippen LogP contribution in [0.25, 0.3) is 0 Å². The summed E-state index contributed by atoms with van der Waals surface area (Å²) in [4.78, 5) is 37.5. The number of unbranched alkanes of at least 4 members (excludes halogenated alkanes) is 1. The molecule has 2 atom stereocenters. The Morgan fingerprint density at radius 2 is 2.04 bits per heavy atom. The molecule has 1 fully saturated rings. The zero-order chi connectivity index (χ0) is 19.1. The van der Waals surface area contributed by atoms with Crippen LogP contribution < -0.4 is 4.74 Å². The smallest absolute Gasteiger partial charge is 0.260 e. The topological polar surface area (TPSA) is 87.2 Å². The van der Waals surface area contributed by atoms with Crippen LogP contribution in [-0.4, -0.2) is 53.1 Å². The number of hydrogen-bond acceptors (Lipinski definition) is 5. The zero-order valence-corrected chi connectivity index (χ0v) is 15.3. The number of amides is 3. The van der Waals surface area contributed by atoms with E-state index in [4.69, 9.17) is 4.74 Å². The van der Waals surface area contributed by atoms with Gasteiger partial charge in [-0.15, -0.1) is 0 Å². The number of carbonyl (C=O) groups excluding carboxylic acids is 3. The maximum Gasteiger partial charge on any atom is 0.260 e. The van der Waals surface area contributed by atoms with Crippen LogP contribution in [0.3, 0.4) is 0 Å². The van der Waals surface area contributed by atoms with E-state index in [-0.39, 0.29) is 30.7 Å². The monoisotopic (exact) mass is 362 g/mol. The number of hydrogen-bond donors (Lipinski definition) is 1. The third-order valence-electron chi connectivity index (χ3n) is 4.66. The molecule has 1 aliphatic heterocycles. The molecule has 1 saturated heterocycles. The highest BCUT2D eigenvalue weighted by Gasteiger charge is 2.43. The van der Waals surface area contributed by atoms with Crippen molar-refractivity contribution in [1.82, 2.24) is 9.96 Å². The third kappa shape index (κ3) is 4.60. The van der Waals surface area contributed by atoms with Gasteiger partial charge in [-0.2, -0.15) is 0 Å². The van der Waals surface area contributed by atoms with Crippen LogP contribution >= 0.6 is 0 Å². The standard InChI is InChI=1S/C19H26N2O5/c1-3-5-6-15-11-21(19(24)17(15)12-20(25)13-22)18(23)14-7-9-16(10-8-14)26-4-2/h7-10,13,15,17,25H,3-6,11-12H2,1-2H3. The van der Waals surface area contributed by atoms with Crippen LogP contribution in [-0.2, 0) is 9.59 Å².